The number of anilines is 1. The van der Waals surface area contributed by atoms with Gasteiger partial charge >= 0.3 is 0 Å². The molecule has 0 unspecified atom stereocenters. The third kappa shape index (κ3) is 4.18. The minimum atomic E-state index is -0.0727. The van der Waals surface area contributed by atoms with Crippen molar-refractivity contribution in [3.05, 3.63) is 47.0 Å². The third-order valence-corrected chi connectivity index (χ3v) is 3.15. The first kappa shape index (κ1) is 13.8. The van der Waals surface area contributed by atoms with Gasteiger partial charge in [-0.25, -0.2) is 4.98 Å². The summed E-state index contributed by atoms with van der Waals surface area (Å²) in [4.78, 5) is 15.9. The first-order valence-corrected chi connectivity index (χ1v) is 6.67. The van der Waals surface area contributed by atoms with E-state index in [2.05, 4.69) is 31.5 Å². The van der Waals surface area contributed by atoms with Gasteiger partial charge in [0.1, 0.15) is 5.82 Å². The largest absolute Gasteiger partial charge is 0.337 e. The average Bonchev–Trinajstić information content (AvgIpc) is 2.78. The summed E-state index contributed by atoms with van der Waals surface area (Å²) in [5, 5.41) is 5.87. The van der Waals surface area contributed by atoms with Crippen LogP contribution in [-0.4, -0.2) is 22.0 Å². The second kappa shape index (κ2) is 6.49. The Hall–Kier alpha value is -1.66. The van der Waals surface area contributed by atoms with Gasteiger partial charge in [0.25, 0.3) is 0 Å². The highest BCUT2D eigenvalue weighted by atomic mass is 79.9. The van der Waals surface area contributed by atoms with Crippen LogP contribution in [0.1, 0.15) is 5.82 Å². The zero-order valence-electron chi connectivity index (χ0n) is 10.6. The summed E-state index contributed by atoms with van der Waals surface area (Å²) in [5.41, 5.74) is 0.784. The minimum Gasteiger partial charge on any atom is -0.337 e. The molecule has 1 amide bonds. The van der Waals surface area contributed by atoms with Crippen LogP contribution >= 0.6 is 15.9 Å². The molecule has 0 aliphatic carbocycles. The molecule has 0 aliphatic heterocycles. The number of aryl methyl sites for hydroxylation is 1. The number of aromatic nitrogens is 2. The summed E-state index contributed by atoms with van der Waals surface area (Å²) in [6.07, 6.45) is 3.61. The Bertz CT molecular complexity index is 550. The van der Waals surface area contributed by atoms with Crippen molar-refractivity contribution in [2.24, 2.45) is 7.05 Å². The number of halogens is 1. The summed E-state index contributed by atoms with van der Waals surface area (Å²) in [7, 11) is 1.92. The van der Waals surface area contributed by atoms with E-state index in [0.29, 0.717) is 6.54 Å². The van der Waals surface area contributed by atoms with E-state index in [0.717, 1.165) is 16.0 Å². The van der Waals surface area contributed by atoms with Gasteiger partial charge < -0.3 is 15.2 Å². The standard InChI is InChI=1S/C13H15BrN4O/c1-18-7-6-16-12(18)8-15-9-13(19)17-11-4-2-10(14)3-5-11/h2-7,15H,8-9H2,1H3,(H,17,19). The molecule has 0 atom stereocenters. The van der Waals surface area contributed by atoms with Crippen molar-refractivity contribution < 1.29 is 4.79 Å². The van der Waals surface area contributed by atoms with E-state index in [1.54, 1.807) is 6.20 Å². The Labute approximate surface area is 120 Å². The molecule has 2 N–H and O–H groups in total. The molecule has 0 bridgehead atoms. The molecule has 1 aromatic heterocycles. The van der Waals surface area contributed by atoms with Gasteiger partial charge in [0.15, 0.2) is 0 Å². The van der Waals surface area contributed by atoms with Crippen LogP contribution in [0.3, 0.4) is 0 Å². The molecular weight excluding hydrogens is 308 g/mol. The number of imidazole rings is 1. The number of hydrogen-bond acceptors (Lipinski definition) is 3. The van der Waals surface area contributed by atoms with E-state index < -0.39 is 0 Å². The van der Waals surface area contributed by atoms with Crippen molar-refractivity contribution in [3.8, 4) is 0 Å². The Morgan fingerprint density at radius 3 is 2.74 bits per heavy atom. The zero-order valence-corrected chi connectivity index (χ0v) is 12.1. The van der Waals surface area contributed by atoms with E-state index >= 15 is 0 Å². The van der Waals surface area contributed by atoms with Crippen LogP contribution in [-0.2, 0) is 18.4 Å². The van der Waals surface area contributed by atoms with Gasteiger partial charge in [0, 0.05) is 29.6 Å². The molecule has 0 saturated heterocycles. The third-order valence-electron chi connectivity index (χ3n) is 2.62. The molecule has 0 fully saturated rings. The van der Waals surface area contributed by atoms with Crippen molar-refractivity contribution in [1.29, 1.82) is 0 Å². The first-order valence-electron chi connectivity index (χ1n) is 5.87. The van der Waals surface area contributed by atoms with Crippen molar-refractivity contribution in [2.75, 3.05) is 11.9 Å². The fraction of sp³-hybridized carbons (Fsp3) is 0.231. The molecule has 5 nitrogen and oxygen atoms in total. The molecule has 100 valence electrons. The van der Waals surface area contributed by atoms with Crippen molar-refractivity contribution in [3.63, 3.8) is 0 Å². The molecule has 0 saturated carbocycles. The van der Waals surface area contributed by atoms with Gasteiger partial charge in [-0.2, -0.15) is 0 Å². The summed E-state index contributed by atoms with van der Waals surface area (Å²) < 4.78 is 2.90. The maximum atomic E-state index is 11.7. The molecule has 0 radical (unpaired) electrons. The van der Waals surface area contributed by atoms with Gasteiger partial charge in [0.2, 0.25) is 5.91 Å². The smallest absolute Gasteiger partial charge is 0.238 e. The van der Waals surface area contributed by atoms with Crippen LogP contribution in [0.4, 0.5) is 5.69 Å². The summed E-state index contributed by atoms with van der Waals surface area (Å²) in [6.45, 7) is 0.820. The number of carbonyl (C=O) groups excluding carboxylic acids is 1. The number of rotatable bonds is 5. The Morgan fingerprint density at radius 1 is 1.37 bits per heavy atom. The number of nitrogens with one attached hydrogen (secondary N) is 2. The molecule has 2 rings (SSSR count). The molecule has 0 aliphatic rings. The lowest BCUT2D eigenvalue weighted by Gasteiger charge is -2.07. The minimum absolute atomic E-state index is 0.0727. The second-order valence-electron chi connectivity index (χ2n) is 4.11. The molecular formula is C13H15BrN4O. The van der Waals surface area contributed by atoms with E-state index in [1.165, 1.54) is 0 Å². The predicted molar refractivity (Wildman–Crippen MR) is 77.7 cm³/mol. The first-order chi connectivity index (χ1) is 9.15. The SMILES string of the molecule is Cn1ccnc1CNCC(=O)Nc1ccc(Br)cc1. The molecule has 0 spiro atoms. The number of hydrogen-bond donors (Lipinski definition) is 2. The van der Waals surface area contributed by atoms with Crippen molar-refractivity contribution >= 4 is 27.5 Å². The second-order valence-corrected chi connectivity index (χ2v) is 5.03. The lowest BCUT2D eigenvalue weighted by Crippen LogP contribution is -2.28. The zero-order chi connectivity index (χ0) is 13.7. The molecule has 1 aromatic carbocycles. The van der Waals surface area contributed by atoms with Crippen molar-refractivity contribution in [2.45, 2.75) is 6.54 Å². The van der Waals surface area contributed by atoms with E-state index in [-0.39, 0.29) is 12.5 Å². The summed E-state index contributed by atoms with van der Waals surface area (Å²) in [5.74, 6) is 0.827. The number of nitrogens with zero attached hydrogens (tertiary/aromatic N) is 2. The van der Waals surface area contributed by atoms with E-state index in [1.807, 2.05) is 42.1 Å². The van der Waals surface area contributed by atoms with Gasteiger partial charge in [-0.3, -0.25) is 4.79 Å². The lowest BCUT2D eigenvalue weighted by atomic mass is 10.3. The highest BCUT2D eigenvalue weighted by Crippen LogP contribution is 2.13. The van der Waals surface area contributed by atoms with Gasteiger partial charge in [-0.05, 0) is 24.3 Å². The van der Waals surface area contributed by atoms with Crippen LogP contribution in [0.2, 0.25) is 0 Å². The van der Waals surface area contributed by atoms with E-state index in [9.17, 15) is 4.79 Å². The normalized spacial score (nSPS) is 10.4. The average molecular weight is 323 g/mol. The highest BCUT2D eigenvalue weighted by molar-refractivity contribution is 9.10. The predicted octanol–water partition coefficient (Wildman–Crippen LogP) is 1.91. The Balaban J connectivity index is 1.76. The van der Waals surface area contributed by atoms with Crippen LogP contribution in [0.25, 0.3) is 0 Å². The summed E-state index contributed by atoms with van der Waals surface area (Å²) >= 11 is 3.35. The van der Waals surface area contributed by atoms with Crippen LogP contribution in [0.15, 0.2) is 41.1 Å². The lowest BCUT2D eigenvalue weighted by molar-refractivity contribution is -0.115. The van der Waals surface area contributed by atoms with E-state index in [4.69, 9.17) is 0 Å². The molecule has 6 heteroatoms. The number of carbonyl (C=O) groups is 1. The molecule has 19 heavy (non-hydrogen) atoms. The van der Waals surface area contributed by atoms with Crippen LogP contribution < -0.4 is 10.6 Å². The fourth-order valence-corrected chi connectivity index (χ4v) is 1.86. The summed E-state index contributed by atoms with van der Waals surface area (Å²) in [6, 6.07) is 7.47. The maximum Gasteiger partial charge on any atom is 0.238 e. The monoisotopic (exact) mass is 322 g/mol. The number of amides is 1. The topological polar surface area (TPSA) is 59.0 Å². The molecule has 1 heterocycles. The molecule has 2 aromatic rings. The number of benzene rings is 1. The van der Waals surface area contributed by atoms with Crippen LogP contribution in [0, 0.1) is 0 Å². The maximum absolute atomic E-state index is 11.7. The highest BCUT2D eigenvalue weighted by Gasteiger charge is 2.03. The van der Waals surface area contributed by atoms with Crippen molar-refractivity contribution in [1.82, 2.24) is 14.9 Å². The fourth-order valence-electron chi connectivity index (χ4n) is 1.59. The van der Waals surface area contributed by atoms with Gasteiger partial charge in [-0.1, -0.05) is 15.9 Å². The van der Waals surface area contributed by atoms with Crippen LogP contribution in [0.5, 0.6) is 0 Å². The van der Waals surface area contributed by atoms with Gasteiger partial charge in [0.05, 0.1) is 13.1 Å². The Morgan fingerprint density at radius 2 is 2.11 bits per heavy atom. The quantitative estimate of drug-likeness (QED) is 0.884. The van der Waals surface area contributed by atoms with Gasteiger partial charge in [-0.15, -0.1) is 0 Å². The Kier molecular flexibility index (Phi) is 4.70.